The lowest BCUT2D eigenvalue weighted by Crippen LogP contribution is -2.47. The summed E-state index contributed by atoms with van der Waals surface area (Å²) in [6.07, 6.45) is 4.31. The highest BCUT2D eigenvalue weighted by atomic mass is 32.2. The lowest BCUT2D eigenvalue weighted by Gasteiger charge is -2.33. The molecule has 1 saturated heterocycles. The van der Waals surface area contributed by atoms with Gasteiger partial charge in [0.2, 0.25) is 10.0 Å². The van der Waals surface area contributed by atoms with Crippen molar-refractivity contribution >= 4 is 15.8 Å². The van der Waals surface area contributed by atoms with Crippen LogP contribution in [0.2, 0.25) is 0 Å². The van der Waals surface area contributed by atoms with E-state index in [-0.39, 0.29) is 5.75 Å². The minimum atomic E-state index is -3.04. The van der Waals surface area contributed by atoms with Crippen molar-refractivity contribution in [3.8, 4) is 0 Å². The fourth-order valence-electron chi connectivity index (χ4n) is 3.38. The maximum atomic E-state index is 12.1. The van der Waals surface area contributed by atoms with E-state index in [1.54, 1.807) is 4.31 Å². The van der Waals surface area contributed by atoms with Crippen LogP contribution in [-0.2, 0) is 16.6 Å². The van der Waals surface area contributed by atoms with Gasteiger partial charge in [-0.3, -0.25) is 0 Å². The average molecular weight is 341 g/mol. The SMILES string of the molecule is CCCS(=O)(=O)N1CCC(NCC2CNc3ccnn3C2)CC1. The number of sulfonamides is 1. The molecule has 0 amide bonds. The summed E-state index contributed by atoms with van der Waals surface area (Å²) in [6.45, 7) is 6.04. The minimum absolute atomic E-state index is 0.269. The van der Waals surface area contributed by atoms with Gasteiger partial charge in [-0.1, -0.05) is 6.92 Å². The van der Waals surface area contributed by atoms with E-state index in [2.05, 4.69) is 15.7 Å². The number of aromatic nitrogens is 2. The molecular formula is C15H27N5O2S. The van der Waals surface area contributed by atoms with Crippen molar-refractivity contribution in [3.63, 3.8) is 0 Å². The molecule has 130 valence electrons. The van der Waals surface area contributed by atoms with E-state index in [1.807, 2.05) is 23.9 Å². The number of rotatable bonds is 6. The highest BCUT2D eigenvalue weighted by Crippen LogP contribution is 2.18. The summed E-state index contributed by atoms with van der Waals surface area (Å²) in [4.78, 5) is 0. The molecule has 0 spiro atoms. The Kier molecular flexibility index (Phi) is 5.23. The molecule has 0 radical (unpaired) electrons. The van der Waals surface area contributed by atoms with Crippen LogP contribution in [0.3, 0.4) is 0 Å². The van der Waals surface area contributed by atoms with Crippen molar-refractivity contribution in [2.45, 2.75) is 38.8 Å². The number of nitrogens with one attached hydrogen (secondary N) is 2. The van der Waals surface area contributed by atoms with Crippen LogP contribution < -0.4 is 10.6 Å². The van der Waals surface area contributed by atoms with Gasteiger partial charge in [-0.05, 0) is 19.3 Å². The summed E-state index contributed by atoms with van der Waals surface area (Å²) in [5.41, 5.74) is 0. The molecule has 2 N–H and O–H groups in total. The Hall–Kier alpha value is -1.12. The number of hydrogen-bond acceptors (Lipinski definition) is 5. The highest BCUT2D eigenvalue weighted by molar-refractivity contribution is 7.89. The molecule has 23 heavy (non-hydrogen) atoms. The van der Waals surface area contributed by atoms with Gasteiger partial charge in [0.05, 0.1) is 11.9 Å². The molecule has 3 heterocycles. The van der Waals surface area contributed by atoms with Crippen molar-refractivity contribution in [1.82, 2.24) is 19.4 Å². The van der Waals surface area contributed by atoms with Crippen LogP contribution in [0.5, 0.6) is 0 Å². The molecule has 2 aliphatic rings. The summed E-state index contributed by atoms with van der Waals surface area (Å²) in [5, 5.41) is 11.3. The van der Waals surface area contributed by atoms with Gasteiger partial charge in [-0.25, -0.2) is 17.4 Å². The van der Waals surface area contributed by atoms with Gasteiger partial charge >= 0.3 is 0 Å². The van der Waals surface area contributed by atoms with Crippen LogP contribution in [-0.4, -0.2) is 60.5 Å². The van der Waals surface area contributed by atoms with Crippen molar-refractivity contribution in [3.05, 3.63) is 12.3 Å². The second-order valence-electron chi connectivity index (χ2n) is 6.54. The third kappa shape index (κ3) is 4.05. The molecule has 7 nitrogen and oxygen atoms in total. The number of nitrogens with zero attached hydrogens (tertiary/aromatic N) is 3. The molecule has 0 aliphatic carbocycles. The zero-order valence-corrected chi connectivity index (χ0v) is 14.6. The van der Waals surface area contributed by atoms with Gasteiger partial charge in [-0.2, -0.15) is 5.10 Å². The topological polar surface area (TPSA) is 79.3 Å². The summed E-state index contributed by atoms with van der Waals surface area (Å²) in [6, 6.07) is 2.41. The van der Waals surface area contributed by atoms with Crippen molar-refractivity contribution in [2.75, 3.05) is 37.2 Å². The molecule has 0 bridgehead atoms. The fraction of sp³-hybridized carbons (Fsp3) is 0.800. The van der Waals surface area contributed by atoms with Gasteiger partial charge in [0.25, 0.3) is 0 Å². The summed E-state index contributed by atoms with van der Waals surface area (Å²) < 4.78 is 27.8. The monoisotopic (exact) mass is 341 g/mol. The first kappa shape index (κ1) is 16.7. The third-order valence-electron chi connectivity index (χ3n) is 4.72. The van der Waals surface area contributed by atoms with Crippen LogP contribution >= 0.6 is 0 Å². The molecule has 0 aromatic carbocycles. The average Bonchev–Trinajstić information content (AvgIpc) is 3.01. The third-order valence-corrected chi connectivity index (χ3v) is 6.80. The van der Waals surface area contributed by atoms with E-state index >= 15 is 0 Å². The van der Waals surface area contributed by atoms with Crippen molar-refractivity contribution < 1.29 is 8.42 Å². The normalized spacial score (nSPS) is 23.4. The Morgan fingerprint density at radius 1 is 1.39 bits per heavy atom. The van der Waals surface area contributed by atoms with Crippen LogP contribution in [0.15, 0.2) is 12.3 Å². The minimum Gasteiger partial charge on any atom is -0.370 e. The fourth-order valence-corrected chi connectivity index (χ4v) is 4.92. The van der Waals surface area contributed by atoms with E-state index in [0.29, 0.717) is 31.5 Å². The molecule has 1 aromatic heterocycles. The highest BCUT2D eigenvalue weighted by Gasteiger charge is 2.27. The molecule has 0 saturated carbocycles. The molecule has 1 unspecified atom stereocenters. The second kappa shape index (κ2) is 7.19. The lowest BCUT2D eigenvalue weighted by atomic mass is 10.0. The van der Waals surface area contributed by atoms with E-state index in [1.165, 1.54) is 0 Å². The van der Waals surface area contributed by atoms with E-state index in [4.69, 9.17) is 0 Å². The Balaban J connectivity index is 1.42. The van der Waals surface area contributed by atoms with Crippen molar-refractivity contribution in [2.24, 2.45) is 5.92 Å². The maximum absolute atomic E-state index is 12.1. The molecule has 3 rings (SSSR count). The molecule has 1 atom stereocenters. The van der Waals surface area contributed by atoms with Gasteiger partial charge in [0.15, 0.2) is 0 Å². The number of anilines is 1. The van der Waals surface area contributed by atoms with Crippen LogP contribution in [0.25, 0.3) is 0 Å². The maximum Gasteiger partial charge on any atom is 0.214 e. The quantitative estimate of drug-likeness (QED) is 0.797. The van der Waals surface area contributed by atoms with Gasteiger partial charge in [0.1, 0.15) is 5.82 Å². The first-order chi connectivity index (χ1) is 11.1. The standard InChI is InChI=1S/C15H27N5O2S/c1-2-9-23(21,22)19-7-4-14(5-8-19)16-10-13-11-17-15-3-6-18-20(15)12-13/h3,6,13-14,16-17H,2,4-5,7-12H2,1H3. The zero-order chi connectivity index (χ0) is 16.3. The largest absolute Gasteiger partial charge is 0.370 e. The number of piperidine rings is 1. The summed E-state index contributed by atoms with van der Waals surface area (Å²) in [7, 11) is -3.04. The molecule has 1 fully saturated rings. The molecular weight excluding hydrogens is 314 g/mol. The smallest absolute Gasteiger partial charge is 0.214 e. The summed E-state index contributed by atoms with van der Waals surface area (Å²) >= 11 is 0. The molecule has 8 heteroatoms. The summed E-state index contributed by atoms with van der Waals surface area (Å²) in [5.74, 6) is 1.88. The van der Waals surface area contributed by atoms with Crippen LogP contribution in [0.4, 0.5) is 5.82 Å². The molecule has 1 aromatic rings. The second-order valence-corrected chi connectivity index (χ2v) is 8.63. The van der Waals surface area contributed by atoms with Gasteiger partial charge < -0.3 is 10.6 Å². The first-order valence-electron chi connectivity index (χ1n) is 8.55. The predicted octanol–water partition coefficient (Wildman–Crippen LogP) is 0.719. The van der Waals surface area contributed by atoms with Gasteiger partial charge in [-0.15, -0.1) is 0 Å². The Morgan fingerprint density at radius 3 is 2.91 bits per heavy atom. The van der Waals surface area contributed by atoms with Gasteiger partial charge in [0, 0.05) is 50.7 Å². The van der Waals surface area contributed by atoms with E-state index in [0.717, 1.165) is 38.3 Å². The number of fused-ring (bicyclic) bond motifs is 1. The number of hydrogen-bond donors (Lipinski definition) is 2. The predicted molar refractivity (Wildman–Crippen MR) is 90.9 cm³/mol. The zero-order valence-electron chi connectivity index (χ0n) is 13.7. The lowest BCUT2D eigenvalue weighted by molar-refractivity contribution is 0.273. The van der Waals surface area contributed by atoms with Crippen LogP contribution in [0.1, 0.15) is 26.2 Å². The van der Waals surface area contributed by atoms with Crippen molar-refractivity contribution in [1.29, 1.82) is 0 Å². The Morgan fingerprint density at radius 2 is 2.17 bits per heavy atom. The van der Waals surface area contributed by atoms with Crippen LogP contribution in [0, 0.1) is 5.92 Å². The van der Waals surface area contributed by atoms with E-state index in [9.17, 15) is 8.42 Å². The Labute approximate surface area is 138 Å². The molecule has 2 aliphatic heterocycles. The first-order valence-corrected chi connectivity index (χ1v) is 10.2. The Bertz CT molecular complexity index is 607. The van der Waals surface area contributed by atoms with E-state index < -0.39 is 10.0 Å².